The third-order valence-electron chi connectivity index (χ3n) is 10.7. The quantitative estimate of drug-likeness (QED) is 0.180. The normalized spacial score (nSPS) is 11.7. The molecule has 4 heteroatoms. The van der Waals surface area contributed by atoms with Crippen molar-refractivity contribution in [2.24, 2.45) is 0 Å². The van der Waals surface area contributed by atoms with Gasteiger partial charge in [-0.25, -0.2) is 9.97 Å². The zero-order valence-electron chi connectivity index (χ0n) is 29.3. The third kappa shape index (κ3) is 4.70. The molecule has 0 N–H and O–H groups in total. The van der Waals surface area contributed by atoms with Crippen molar-refractivity contribution in [3.05, 3.63) is 194 Å². The molecular weight excluding hydrogens is 657 g/mol. The smallest absolute Gasteiger partial charge is 0.163 e. The lowest BCUT2D eigenvalue weighted by atomic mass is 9.98. The Kier molecular flexibility index (Phi) is 6.82. The number of hydrogen-bond donors (Lipinski definition) is 0. The molecule has 0 radical (unpaired) electrons. The summed E-state index contributed by atoms with van der Waals surface area (Å²) in [4.78, 5) is 10.8. The summed E-state index contributed by atoms with van der Waals surface area (Å²) in [6.45, 7) is 0. The van der Waals surface area contributed by atoms with E-state index in [2.05, 4.69) is 191 Å². The summed E-state index contributed by atoms with van der Waals surface area (Å²) in [7, 11) is 0. The third-order valence-corrected chi connectivity index (χ3v) is 10.7. The first-order valence-electron chi connectivity index (χ1n) is 18.3. The number of rotatable bonds is 5. The average Bonchev–Trinajstić information content (AvgIpc) is 3.76. The molecule has 8 aromatic carbocycles. The molecule has 11 rings (SSSR count). The largest absolute Gasteiger partial charge is 0.309 e. The van der Waals surface area contributed by atoms with Gasteiger partial charge in [0.1, 0.15) is 0 Å². The molecule has 0 spiro atoms. The molecule has 0 amide bonds. The van der Waals surface area contributed by atoms with Crippen LogP contribution in [0.5, 0.6) is 0 Å². The van der Waals surface area contributed by atoms with Crippen molar-refractivity contribution in [2.45, 2.75) is 0 Å². The van der Waals surface area contributed by atoms with E-state index in [9.17, 15) is 0 Å². The standard InChI is InChI=1S/C50H32N4/c1-4-16-33(17-5-1)43-32-44(34-18-6-2-7-19-34)52-50(51-43)48-38-23-11-10-20-35(38)30-42-40-25-13-15-27-46(40)54(49(42)48)37-28-29-47-41(31-37)39-24-12-14-26-45(39)53(47)36-21-8-3-9-22-36/h1-32H. The highest BCUT2D eigenvalue weighted by atomic mass is 15.0. The second-order valence-electron chi connectivity index (χ2n) is 13.8. The van der Waals surface area contributed by atoms with Crippen molar-refractivity contribution >= 4 is 54.4 Å². The van der Waals surface area contributed by atoms with E-state index >= 15 is 0 Å². The van der Waals surface area contributed by atoms with Crippen molar-refractivity contribution in [1.82, 2.24) is 19.1 Å². The zero-order valence-corrected chi connectivity index (χ0v) is 29.3. The van der Waals surface area contributed by atoms with Crippen LogP contribution in [0.1, 0.15) is 0 Å². The van der Waals surface area contributed by atoms with Crippen LogP contribution in [-0.2, 0) is 0 Å². The van der Waals surface area contributed by atoms with E-state index in [0.29, 0.717) is 5.82 Å². The summed E-state index contributed by atoms with van der Waals surface area (Å²) in [5.41, 5.74) is 11.7. The first-order valence-corrected chi connectivity index (χ1v) is 18.3. The van der Waals surface area contributed by atoms with E-state index in [1.165, 1.54) is 32.6 Å². The number of hydrogen-bond acceptors (Lipinski definition) is 2. The minimum absolute atomic E-state index is 0.697. The average molecular weight is 689 g/mol. The zero-order chi connectivity index (χ0) is 35.6. The molecule has 0 aliphatic rings. The highest BCUT2D eigenvalue weighted by Crippen LogP contribution is 2.43. The van der Waals surface area contributed by atoms with Gasteiger partial charge in [0.25, 0.3) is 0 Å². The lowest BCUT2D eigenvalue weighted by Crippen LogP contribution is -2.01. The maximum absolute atomic E-state index is 5.40. The first kappa shape index (κ1) is 30.3. The van der Waals surface area contributed by atoms with Crippen LogP contribution >= 0.6 is 0 Å². The lowest BCUT2D eigenvalue weighted by molar-refractivity contribution is 1.15. The molecule has 4 nitrogen and oxygen atoms in total. The van der Waals surface area contributed by atoms with Crippen LogP contribution < -0.4 is 0 Å². The Hall–Kier alpha value is -7.30. The first-order chi connectivity index (χ1) is 26.8. The molecule has 0 saturated heterocycles. The Labute approximate surface area is 311 Å². The van der Waals surface area contributed by atoms with Gasteiger partial charge >= 0.3 is 0 Å². The summed E-state index contributed by atoms with van der Waals surface area (Å²) in [6.07, 6.45) is 0. The van der Waals surface area contributed by atoms with Crippen LogP contribution in [0.25, 0.3) is 99.7 Å². The fraction of sp³-hybridized carbons (Fsp3) is 0. The van der Waals surface area contributed by atoms with Gasteiger partial charge < -0.3 is 9.13 Å². The van der Waals surface area contributed by atoms with E-state index in [0.717, 1.165) is 61.3 Å². The van der Waals surface area contributed by atoms with Gasteiger partial charge in [-0.2, -0.15) is 0 Å². The van der Waals surface area contributed by atoms with Crippen molar-refractivity contribution in [1.29, 1.82) is 0 Å². The molecule has 0 atom stereocenters. The Morgan fingerprint density at radius 3 is 1.52 bits per heavy atom. The lowest BCUT2D eigenvalue weighted by Gasteiger charge is -2.16. The minimum atomic E-state index is 0.697. The van der Waals surface area contributed by atoms with Gasteiger partial charge in [0.15, 0.2) is 5.82 Å². The predicted octanol–water partition coefficient (Wildman–Crippen LogP) is 12.8. The summed E-state index contributed by atoms with van der Waals surface area (Å²) in [5.74, 6) is 0.697. The molecule has 11 aromatic rings. The van der Waals surface area contributed by atoms with Crippen LogP contribution in [0.3, 0.4) is 0 Å². The number of para-hydroxylation sites is 3. The number of benzene rings is 8. The molecule has 0 aliphatic heterocycles. The minimum Gasteiger partial charge on any atom is -0.309 e. The van der Waals surface area contributed by atoms with Crippen molar-refractivity contribution in [2.75, 3.05) is 0 Å². The summed E-state index contributed by atoms with van der Waals surface area (Å²) >= 11 is 0. The van der Waals surface area contributed by atoms with E-state index in [1.807, 2.05) is 12.1 Å². The van der Waals surface area contributed by atoms with E-state index in [1.54, 1.807) is 0 Å². The molecule has 0 aliphatic carbocycles. The summed E-state index contributed by atoms with van der Waals surface area (Å²) in [6, 6.07) is 68.9. The number of nitrogens with zero attached hydrogens (tertiary/aromatic N) is 4. The van der Waals surface area contributed by atoms with Crippen LogP contribution in [-0.4, -0.2) is 19.1 Å². The van der Waals surface area contributed by atoms with Crippen LogP contribution in [0, 0.1) is 0 Å². The Bertz CT molecular complexity index is 3140. The van der Waals surface area contributed by atoms with Gasteiger partial charge in [0.05, 0.1) is 39.0 Å². The van der Waals surface area contributed by atoms with Gasteiger partial charge in [-0.1, -0.05) is 140 Å². The molecule has 3 heterocycles. The second kappa shape index (κ2) is 12.1. The van der Waals surface area contributed by atoms with Crippen LogP contribution in [0.2, 0.25) is 0 Å². The summed E-state index contributed by atoms with van der Waals surface area (Å²) in [5, 5.41) is 7.04. The van der Waals surface area contributed by atoms with Crippen molar-refractivity contribution < 1.29 is 0 Å². The fourth-order valence-electron chi connectivity index (χ4n) is 8.31. The Balaban J connectivity index is 1.27. The Morgan fingerprint density at radius 2 is 0.852 bits per heavy atom. The van der Waals surface area contributed by atoms with Crippen LogP contribution in [0.15, 0.2) is 194 Å². The molecule has 0 saturated carbocycles. The van der Waals surface area contributed by atoms with Crippen molar-refractivity contribution in [3.63, 3.8) is 0 Å². The number of aromatic nitrogens is 4. The van der Waals surface area contributed by atoms with E-state index < -0.39 is 0 Å². The molecule has 0 unspecified atom stereocenters. The molecule has 0 fully saturated rings. The maximum atomic E-state index is 5.40. The van der Waals surface area contributed by atoms with Gasteiger partial charge in [-0.3, -0.25) is 0 Å². The van der Waals surface area contributed by atoms with E-state index in [-0.39, 0.29) is 0 Å². The second-order valence-corrected chi connectivity index (χ2v) is 13.8. The maximum Gasteiger partial charge on any atom is 0.163 e. The molecule has 54 heavy (non-hydrogen) atoms. The SMILES string of the molecule is c1ccc(-c2cc(-c3ccccc3)nc(-c3c4ccccc4cc4c5ccccc5n(-c5ccc6c(c5)c5ccccc5n6-c5ccccc5)c34)n2)cc1. The molecule has 3 aromatic heterocycles. The van der Waals surface area contributed by atoms with Gasteiger partial charge in [0.2, 0.25) is 0 Å². The van der Waals surface area contributed by atoms with Gasteiger partial charge in [-0.15, -0.1) is 0 Å². The molecular formula is C50H32N4. The van der Waals surface area contributed by atoms with Gasteiger partial charge in [0, 0.05) is 44.0 Å². The monoisotopic (exact) mass is 688 g/mol. The van der Waals surface area contributed by atoms with Crippen molar-refractivity contribution in [3.8, 4) is 45.3 Å². The Morgan fingerprint density at radius 1 is 0.333 bits per heavy atom. The molecule has 0 bridgehead atoms. The van der Waals surface area contributed by atoms with Gasteiger partial charge in [-0.05, 0) is 65.4 Å². The van der Waals surface area contributed by atoms with E-state index in [4.69, 9.17) is 9.97 Å². The molecule has 252 valence electrons. The van der Waals surface area contributed by atoms with Crippen LogP contribution in [0.4, 0.5) is 0 Å². The topological polar surface area (TPSA) is 35.6 Å². The fourth-order valence-corrected chi connectivity index (χ4v) is 8.31. The number of fused-ring (bicyclic) bond motifs is 7. The highest BCUT2D eigenvalue weighted by Gasteiger charge is 2.23. The highest BCUT2D eigenvalue weighted by molar-refractivity contribution is 6.21. The summed E-state index contributed by atoms with van der Waals surface area (Å²) < 4.78 is 4.80. The predicted molar refractivity (Wildman–Crippen MR) is 225 cm³/mol.